The quantitative estimate of drug-likeness (QED) is 0.615. The molecule has 0 atom stereocenters. The van der Waals surface area contributed by atoms with E-state index in [2.05, 4.69) is 5.32 Å². The number of nitrogens with two attached hydrogens (primary N) is 1. The maximum absolute atomic E-state index is 12.8. The minimum Gasteiger partial charge on any atom is -0.366 e. The van der Waals surface area contributed by atoms with Gasteiger partial charge >= 0.3 is 0 Å². The van der Waals surface area contributed by atoms with Crippen molar-refractivity contribution in [2.45, 2.75) is 18.7 Å². The Labute approximate surface area is 181 Å². The monoisotopic (exact) mass is 437 g/mol. The van der Waals surface area contributed by atoms with E-state index >= 15 is 0 Å². The Morgan fingerprint density at radius 2 is 1.52 bits per heavy atom. The number of carbonyl (C=O) groups excluding carboxylic acids is 2. The Morgan fingerprint density at radius 1 is 0.903 bits per heavy atom. The normalized spacial score (nSPS) is 11.1. The molecule has 0 fully saturated rings. The highest BCUT2D eigenvalue weighted by Crippen LogP contribution is 2.24. The van der Waals surface area contributed by atoms with E-state index in [0.717, 1.165) is 5.56 Å². The van der Waals surface area contributed by atoms with Crippen molar-refractivity contribution in [3.8, 4) is 0 Å². The number of primary amides is 1. The van der Waals surface area contributed by atoms with Crippen molar-refractivity contribution in [1.29, 1.82) is 0 Å². The van der Waals surface area contributed by atoms with Crippen molar-refractivity contribution in [2.24, 2.45) is 5.73 Å². The van der Waals surface area contributed by atoms with Crippen molar-refractivity contribution in [2.75, 3.05) is 16.7 Å². The molecule has 8 heteroatoms. The van der Waals surface area contributed by atoms with Crippen LogP contribution in [0.25, 0.3) is 0 Å². The number of hydrogen-bond acceptors (Lipinski definition) is 4. The third-order valence-corrected chi connectivity index (χ3v) is 6.82. The summed E-state index contributed by atoms with van der Waals surface area (Å²) in [5.74, 6) is -0.962. The minimum absolute atomic E-state index is 0.187. The van der Waals surface area contributed by atoms with Crippen molar-refractivity contribution in [3.05, 3.63) is 89.0 Å². The lowest BCUT2D eigenvalue weighted by atomic mass is 10.1. The van der Waals surface area contributed by atoms with Crippen LogP contribution in [0.4, 0.5) is 11.4 Å². The summed E-state index contributed by atoms with van der Waals surface area (Å²) >= 11 is 0. The molecular formula is C23H23N3O4S. The number of nitrogens with zero attached hydrogens (tertiary/aromatic N) is 1. The lowest BCUT2D eigenvalue weighted by molar-refractivity contribution is 0.0995. The fourth-order valence-corrected chi connectivity index (χ4v) is 4.26. The van der Waals surface area contributed by atoms with Crippen molar-refractivity contribution in [3.63, 3.8) is 0 Å². The molecule has 3 N–H and O–H groups in total. The van der Waals surface area contributed by atoms with E-state index in [-0.39, 0.29) is 10.8 Å². The Morgan fingerprint density at radius 3 is 2.10 bits per heavy atom. The van der Waals surface area contributed by atoms with Gasteiger partial charge in [-0.25, -0.2) is 8.42 Å². The Hall–Kier alpha value is -3.65. The van der Waals surface area contributed by atoms with Crippen molar-refractivity contribution >= 4 is 33.2 Å². The molecular weight excluding hydrogens is 414 g/mol. The topological polar surface area (TPSA) is 110 Å². The van der Waals surface area contributed by atoms with E-state index in [0.29, 0.717) is 28.1 Å². The first-order chi connectivity index (χ1) is 14.6. The van der Waals surface area contributed by atoms with E-state index in [4.69, 9.17) is 5.73 Å². The van der Waals surface area contributed by atoms with Crippen LogP contribution in [0.3, 0.4) is 0 Å². The Kier molecular flexibility index (Phi) is 6.12. The van der Waals surface area contributed by atoms with Gasteiger partial charge in [0.1, 0.15) is 0 Å². The van der Waals surface area contributed by atoms with Crippen LogP contribution in [0.1, 0.15) is 31.8 Å². The van der Waals surface area contributed by atoms with Crippen LogP contribution in [0.2, 0.25) is 0 Å². The summed E-state index contributed by atoms with van der Waals surface area (Å²) in [5, 5.41) is 2.75. The fourth-order valence-electron chi connectivity index (χ4n) is 3.06. The highest BCUT2D eigenvalue weighted by molar-refractivity contribution is 7.92. The van der Waals surface area contributed by atoms with Gasteiger partial charge in [-0.3, -0.25) is 13.9 Å². The molecule has 3 rings (SSSR count). The Balaban J connectivity index is 1.80. The number of carbonyl (C=O) groups is 2. The molecule has 0 aromatic heterocycles. The first-order valence-corrected chi connectivity index (χ1v) is 10.9. The van der Waals surface area contributed by atoms with Gasteiger partial charge in [0.05, 0.1) is 10.6 Å². The highest BCUT2D eigenvalue weighted by Gasteiger charge is 2.21. The molecule has 0 radical (unpaired) electrons. The summed E-state index contributed by atoms with van der Waals surface area (Å²) in [6.45, 7) is 3.58. The molecule has 31 heavy (non-hydrogen) atoms. The van der Waals surface area contributed by atoms with Crippen LogP contribution < -0.4 is 15.4 Å². The third kappa shape index (κ3) is 4.59. The smallest absolute Gasteiger partial charge is 0.264 e. The average Bonchev–Trinajstić information content (AvgIpc) is 2.74. The lowest BCUT2D eigenvalue weighted by Crippen LogP contribution is -2.26. The summed E-state index contributed by atoms with van der Waals surface area (Å²) in [5.41, 5.74) is 8.46. The van der Waals surface area contributed by atoms with Gasteiger partial charge in [-0.1, -0.05) is 23.8 Å². The summed E-state index contributed by atoms with van der Waals surface area (Å²) in [4.78, 5) is 24.3. The van der Waals surface area contributed by atoms with Crippen LogP contribution in [0.15, 0.2) is 71.6 Å². The molecule has 0 aliphatic carbocycles. The van der Waals surface area contributed by atoms with Gasteiger partial charge in [0.2, 0.25) is 5.91 Å². The second-order valence-electron chi connectivity index (χ2n) is 7.13. The number of nitrogens with one attached hydrogen (secondary N) is 1. The van der Waals surface area contributed by atoms with Crippen LogP contribution in [0.5, 0.6) is 0 Å². The summed E-state index contributed by atoms with van der Waals surface area (Å²) in [6, 6.07) is 17.7. The Bertz CT molecular complexity index is 1230. The standard InChI is InChI=1S/C23H23N3O4S/c1-15-7-13-19(14-8-15)31(29,30)26(3)18-11-9-17(10-12-18)23(28)25-21-6-4-5-20(16(21)2)22(24)27/h4-14H,1-3H3,(H2,24,27)(H,25,28). The maximum Gasteiger partial charge on any atom is 0.264 e. The molecule has 0 heterocycles. The van der Waals surface area contributed by atoms with Crippen LogP contribution in [0, 0.1) is 13.8 Å². The number of anilines is 2. The summed E-state index contributed by atoms with van der Waals surface area (Å²) in [7, 11) is -2.26. The molecule has 2 amide bonds. The zero-order valence-corrected chi connectivity index (χ0v) is 18.2. The number of hydrogen-bond donors (Lipinski definition) is 2. The zero-order chi connectivity index (χ0) is 22.8. The van der Waals surface area contributed by atoms with Gasteiger partial charge in [-0.2, -0.15) is 0 Å². The number of aryl methyl sites for hydroxylation is 1. The molecule has 3 aromatic rings. The maximum atomic E-state index is 12.8. The van der Waals surface area contributed by atoms with Gasteiger partial charge in [-0.05, 0) is 67.9 Å². The molecule has 7 nitrogen and oxygen atoms in total. The van der Waals surface area contributed by atoms with Gasteiger partial charge < -0.3 is 11.1 Å². The number of sulfonamides is 1. The van der Waals surface area contributed by atoms with Crippen LogP contribution >= 0.6 is 0 Å². The van der Waals surface area contributed by atoms with E-state index < -0.39 is 15.9 Å². The summed E-state index contributed by atoms with van der Waals surface area (Å²) in [6.07, 6.45) is 0. The molecule has 0 bridgehead atoms. The number of rotatable bonds is 6. The molecule has 0 spiro atoms. The van der Waals surface area contributed by atoms with Crippen LogP contribution in [-0.2, 0) is 10.0 Å². The second-order valence-corrected chi connectivity index (χ2v) is 9.10. The second kappa shape index (κ2) is 8.61. The van der Waals surface area contributed by atoms with Gasteiger partial charge in [-0.15, -0.1) is 0 Å². The third-order valence-electron chi connectivity index (χ3n) is 5.02. The zero-order valence-electron chi connectivity index (χ0n) is 17.4. The average molecular weight is 438 g/mol. The molecule has 0 unspecified atom stereocenters. The number of benzene rings is 3. The first-order valence-electron chi connectivity index (χ1n) is 9.47. The van der Waals surface area contributed by atoms with Gasteiger partial charge in [0.15, 0.2) is 0 Å². The van der Waals surface area contributed by atoms with E-state index in [1.165, 1.54) is 11.4 Å². The SMILES string of the molecule is Cc1ccc(S(=O)(=O)N(C)c2ccc(C(=O)Nc3cccc(C(N)=O)c3C)cc2)cc1. The van der Waals surface area contributed by atoms with Crippen molar-refractivity contribution in [1.82, 2.24) is 0 Å². The molecule has 3 aromatic carbocycles. The molecule has 160 valence electrons. The first kappa shape index (κ1) is 22.0. The van der Waals surface area contributed by atoms with Gasteiger partial charge in [0.25, 0.3) is 15.9 Å². The fraction of sp³-hybridized carbons (Fsp3) is 0.130. The van der Waals surface area contributed by atoms with Gasteiger partial charge in [0, 0.05) is 23.9 Å². The summed E-state index contributed by atoms with van der Waals surface area (Å²) < 4.78 is 26.8. The minimum atomic E-state index is -3.72. The molecule has 0 saturated carbocycles. The van der Waals surface area contributed by atoms with Crippen molar-refractivity contribution < 1.29 is 18.0 Å². The van der Waals surface area contributed by atoms with E-state index in [9.17, 15) is 18.0 Å². The van der Waals surface area contributed by atoms with E-state index in [1.807, 2.05) is 6.92 Å². The molecule has 0 aliphatic rings. The molecule has 0 aliphatic heterocycles. The predicted molar refractivity (Wildman–Crippen MR) is 121 cm³/mol. The molecule has 0 saturated heterocycles. The largest absolute Gasteiger partial charge is 0.366 e. The predicted octanol–water partition coefficient (Wildman–Crippen LogP) is 3.48. The van der Waals surface area contributed by atoms with E-state index in [1.54, 1.807) is 73.7 Å². The van der Waals surface area contributed by atoms with Crippen LogP contribution in [-0.4, -0.2) is 27.3 Å². The highest BCUT2D eigenvalue weighted by atomic mass is 32.2. The lowest BCUT2D eigenvalue weighted by Gasteiger charge is -2.20. The number of amides is 2.